The molecule has 0 aliphatic carbocycles. The zero-order chi connectivity index (χ0) is 24.6. The highest BCUT2D eigenvalue weighted by Gasteiger charge is 2.19. The van der Waals surface area contributed by atoms with Crippen LogP contribution in [-0.4, -0.2) is 31.8 Å². The molecule has 0 spiro atoms. The number of hydrogen-bond acceptors (Lipinski definition) is 8. The highest BCUT2D eigenvalue weighted by molar-refractivity contribution is 7.18. The zero-order valence-corrected chi connectivity index (χ0v) is 20.0. The number of aryl methyl sites for hydroxylation is 1. The number of hydrogen-bond donors (Lipinski definition) is 5. The van der Waals surface area contributed by atoms with Crippen LogP contribution in [0.3, 0.4) is 0 Å². The molecule has 1 amide bonds. The molecule has 0 saturated heterocycles. The van der Waals surface area contributed by atoms with Gasteiger partial charge in [0.1, 0.15) is 29.6 Å². The van der Waals surface area contributed by atoms with Crippen molar-refractivity contribution in [2.45, 2.75) is 27.7 Å². The van der Waals surface area contributed by atoms with E-state index in [-0.39, 0.29) is 17.5 Å². The molecule has 0 unspecified atom stereocenters. The molecule has 0 bridgehead atoms. The normalized spacial score (nSPS) is 12.2. The summed E-state index contributed by atoms with van der Waals surface area (Å²) < 4.78 is 0.669. The van der Waals surface area contributed by atoms with E-state index in [0.717, 1.165) is 16.3 Å². The quantitative estimate of drug-likeness (QED) is 0.153. The second-order valence-corrected chi connectivity index (χ2v) is 9.75. The van der Waals surface area contributed by atoms with Gasteiger partial charge in [-0.25, -0.2) is 15.0 Å². The maximum atomic E-state index is 13.2. The number of amides is 1. The molecule has 0 aliphatic rings. The van der Waals surface area contributed by atoms with Crippen LogP contribution in [0.4, 0.5) is 17.3 Å². The van der Waals surface area contributed by atoms with Crippen molar-refractivity contribution in [3.63, 3.8) is 0 Å². The Morgan fingerprint density at radius 2 is 1.91 bits per heavy atom. The van der Waals surface area contributed by atoms with Crippen molar-refractivity contribution >= 4 is 61.4 Å². The van der Waals surface area contributed by atoms with Crippen LogP contribution in [0.1, 0.15) is 36.7 Å². The van der Waals surface area contributed by atoms with Crippen LogP contribution in [0, 0.1) is 17.7 Å². The number of nitrogens with two attached hydrogens (primary N) is 1. The summed E-state index contributed by atoms with van der Waals surface area (Å²) in [5, 5.41) is 27.6. The van der Waals surface area contributed by atoms with Crippen LogP contribution < -0.4 is 16.4 Å². The lowest BCUT2D eigenvalue weighted by atomic mass is 9.93. The maximum absolute atomic E-state index is 13.2. The summed E-state index contributed by atoms with van der Waals surface area (Å²) in [5.41, 5.74) is 7.86. The molecule has 9 nitrogen and oxygen atoms in total. The third-order valence-electron chi connectivity index (χ3n) is 5.32. The number of benzene rings is 1. The van der Waals surface area contributed by atoms with Crippen LogP contribution in [0.2, 0.25) is 0 Å². The van der Waals surface area contributed by atoms with Gasteiger partial charge in [0, 0.05) is 33.8 Å². The second-order valence-electron chi connectivity index (χ2n) is 8.87. The van der Waals surface area contributed by atoms with E-state index in [1.54, 1.807) is 17.6 Å². The van der Waals surface area contributed by atoms with Gasteiger partial charge < -0.3 is 21.5 Å². The minimum atomic E-state index is -0.476. The van der Waals surface area contributed by atoms with E-state index in [1.807, 2.05) is 39.8 Å². The van der Waals surface area contributed by atoms with Gasteiger partial charge in [-0.15, -0.1) is 11.3 Å². The third kappa shape index (κ3) is 4.40. The molecule has 0 fully saturated rings. The number of nitrogens with zero attached hydrogens (tertiary/aromatic N) is 3. The van der Waals surface area contributed by atoms with E-state index >= 15 is 0 Å². The van der Waals surface area contributed by atoms with Gasteiger partial charge in [0.15, 0.2) is 0 Å². The van der Waals surface area contributed by atoms with Gasteiger partial charge in [-0.2, -0.15) is 0 Å². The highest BCUT2D eigenvalue weighted by atomic mass is 32.1. The first-order valence-electron chi connectivity index (χ1n) is 10.5. The van der Waals surface area contributed by atoms with Crippen molar-refractivity contribution in [3.8, 4) is 0 Å². The van der Waals surface area contributed by atoms with Crippen molar-refractivity contribution in [3.05, 3.63) is 59.1 Å². The average Bonchev–Trinajstić information content (AvgIpc) is 3.21. The summed E-state index contributed by atoms with van der Waals surface area (Å²) in [5.74, 6) is 0.558. The molecule has 4 rings (SSSR count). The predicted octanol–water partition coefficient (Wildman–Crippen LogP) is 5.26. The number of allylic oxidation sites excluding steroid dienone is 1. The molecule has 34 heavy (non-hydrogen) atoms. The number of amidine groups is 1. The first-order chi connectivity index (χ1) is 16.1. The molecule has 0 radical (unpaired) electrons. The molecule has 3 aromatic heterocycles. The predicted molar refractivity (Wildman–Crippen MR) is 138 cm³/mol. The van der Waals surface area contributed by atoms with Gasteiger partial charge in [-0.1, -0.05) is 32.9 Å². The van der Waals surface area contributed by atoms with Gasteiger partial charge in [-0.3, -0.25) is 10.2 Å². The molecule has 6 N–H and O–H groups in total. The molecule has 4 aromatic rings. The van der Waals surface area contributed by atoms with Gasteiger partial charge >= 0.3 is 0 Å². The Morgan fingerprint density at radius 1 is 1.15 bits per heavy atom. The number of aliphatic hydroxyl groups excluding tert-OH is 1. The fraction of sp³-hybridized carbons (Fsp3) is 0.208. The lowest BCUT2D eigenvalue weighted by Crippen LogP contribution is -2.15. The summed E-state index contributed by atoms with van der Waals surface area (Å²) in [6.45, 7) is 7.48. The number of aliphatic hydroxyl groups is 1. The minimum absolute atomic E-state index is 0.000557. The number of carbonyl (C=O) groups is 1. The van der Waals surface area contributed by atoms with E-state index in [0.29, 0.717) is 33.1 Å². The Labute approximate surface area is 200 Å². The molecule has 174 valence electrons. The third-order valence-corrected chi connectivity index (χ3v) is 6.31. The number of nitrogen functional groups attached to an aromatic ring is 1. The molecule has 0 atom stereocenters. The Bertz CT molecular complexity index is 1470. The van der Waals surface area contributed by atoms with Gasteiger partial charge in [-0.05, 0) is 18.6 Å². The topological polar surface area (TPSA) is 150 Å². The number of fused-ring (bicyclic) bond motifs is 2. The summed E-state index contributed by atoms with van der Waals surface area (Å²) in [4.78, 5) is 25.7. The van der Waals surface area contributed by atoms with Crippen LogP contribution in [-0.2, 0) is 0 Å². The monoisotopic (exact) mass is 475 g/mol. The van der Waals surface area contributed by atoms with Crippen LogP contribution in [0.5, 0.6) is 0 Å². The SMILES string of the molecule is Cc1ccc2c(NC(=N)/C=C(\O)C(C)(C)C)nccc2c1NC(=O)c1csc2c(N)ncnc12. The standard InChI is InChI=1S/C24H25N7O2S/c1-12-5-6-14-13(7-8-27-22(14)30-17(25)9-16(32)24(2,3)4)18(12)31-23(33)15-10-34-20-19(15)28-11-29-21(20)26/h5-11,32H,1-4H3,(H,31,33)(H2,25,27,30)(H2,26,28,29)/b16-9-. The Balaban J connectivity index is 1.69. The molecular formula is C24H25N7O2S. The van der Waals surface area contributed by atoms with Crippen molar-refractivity contribution in [2.24, 2.45) is 5.41 Å². The largest absolute Gasteiger partial charge is 0.512 e. The first kappa shape index (κ1) is 23.1. The summed E-state index contributed by atoms with van der Waals surface area (Å²) >= 11 is 1.32. The van der Waals surface area contributed by atoms with Crippen molar-refractivity contribution in [1.82, 2.24) is 15.0 Å². The van der Waals surface area contributed by atoms with Crippen molar-refractivity contribution < 1.29 is 9.90 Å². The Morgan fingerprint density at radius 3 is 2.65 bits per heavy atom. The summed E-state index contributed by atoms with van der Waals surface area (Å²) in [7, 11) is 0. The maximum Gasteiger partial charge on any atom is 0.258 e. The molecule has 3 heterocycles. The lowest BCUT2D eigenvalue weighted by molar-refractivity contribution is 0.102. The van der Waals surface area contributed by atoms with Crippen LogP contribution in [0.15, 0.2) is 47.9 Å². The molecule has 0 saturated carbocycles. The van der Waals surface area contributed by atoms with E-state index in [9.17, 15) is 9.90 Å². The number of thiophene rings is 1. The van der Waals surface area contributed by atoms with Crippen molar-refractivity contribution in [2.75, 3.05) is 16.4 Å². The molecule has 1 aromatic carbocycles. The highest BCUT2D eigenvalue weighted by Crippen LogP contribution is 2.33. The Hall–Kier alpha value is -4.05. The fourth-order valence-corrected chi connectivity index (χ4v) is 4.26. The Kier molecular flexibility index (Phi) is 5.92. The van der Waals surface area contributed by atoms with Gasteiger partial charge in [0.2, 0.25) is 0 Å². The second kappa shape index (κ2) is 8.71. The number of nitrogens with one attached hydrogen (secondary N) is 3. The number of aromatic nitrogens is 3. The number of anilines is 3. The number of pyridine rings is 1. The fourth-order valence-electron chi connectivity index (χ4n) is 3.36. The lowest BCUT2D eigenvalue weighted by Gasteiger charge is -2.18. The van der Waals surface area contributed by atoms with Crippen molar-refractivity contribution in [1.29, 1.82) is 5.41 Å². The number of carbonyl (C=O) groups excluding carboxylic acids is 1. The summed E-state index contributed by atoms with van der Waals surface area (Å²) in [6, 6.07) is 5.56. The molecule has 0 aliphatic heterocycles. The first-order valence-corrected chi connectivity index (χ1v) is 11.4. The van der Waals surface area contributed by atoms with E-state index < -0.39 is 5.41 Å². The van der Waals surface area contributed by atoms with Gasteiger partial charge in [0.05, 0.1) is 21.5 Å². The minimum Gasteiger partial charge on any atom is -0.512 e. The smallest absolute Gasteiger partial charge is 0.258 e. The number of rotatable bonds is 4. The van der Waals surface area contributed by atoms with Gasteiger partial charge in [0.25, 0.3) is 5.91 Å². The molecular weight excluding hydrogens is 450 g/mol. The van der Waals surface area contributed by atoms with Crippen LogP contribution in [0.25, 0.3) is 21.0 Å². The average molecular weight is 476 g/mol. The summed E-state index contributed by atoms with van der Waals surface area (Å²) in [6.07, 6.45) is 4.32. The van der Waals surface area contributed by atoms with Crippen LogP contribution >= 0.6 is 11.3 Å². The van der Waals surface area contributed by atoms with E-state index in [2.05, 4.69) is 25.6 Å². The zero-order valence-electron chi connectivity index (χ0n) is 19.2. The molecule has 10 heteroatoms. The van der Waals surface area contributed by atoms with E-state index in [4.69, 9.17) is 11.1 Å². The van der Waals surface area contributed by atoms with E-state index in [1.165, 1.54) is 23.7 Å².